The second-order valence-corrected chi connectivity index (χ2v) is 4.63. The molecule has 1 aromatic rings. The van der Waals surface area contributed by atoms with E-state index < -0.39 is 0 Å². The van der Waals surface area contributed by atoms with Crippen LogP contribution in [-0.4, -0.2) is 18.8 Å². The van der Waals surface area contributed by atoms with Crippen molar-refractivity contribution in [1.82, 2.24) is 5.32 Å². The molecule has 1 aliphatic rings. The molecule has 1 fully saturated rings. The van der Waals surface area contributed by atoms with E-state index >= 15 is 0 Å². The van der Waals surface area contributed by atoms with E-state index in [1.807, 2.05) is 6.07 Å². The maximum absolute atomic E-state index is 13.6. The van der Waals surface area contributed by atoms with Gasteiger partial charge >= 0.3 is 0 Å². The summed E-state index contributed by atoms with van der Waals surface area (Å²) in [5, 5.41) is 12.0. The highest BCUT2D eigenvalue weighted by atomic mass is 19.1. The van der Waals surface area contributed by atoms with Gasteiger partial charge in [-0.1, -0.05) is 6.07 Å². The molecule has 0 amide bonds. The van der Waals surface area contributed by atoms with Crippen LogP contribution >= 0.6 is 0 Å². The van der Waals surface area contributed by atoms with Crippen molar-refractivity contribution in [2.24, 2.45) is 0 Å². The molecule has 4 heteroatoms. The van der Waals surface area contributed by atoms with E-state index in [0.29, 0.717) is 24.3 Å². The molecule has 1 aromatic carbocycles. The number of benzene rings is 1. The molecular formula is C13H15FN2O. The Labute approximate surface area is 100 Å². The molecule has 3 nitrogen and oxygen atoms in total. The Hall–Kier alpha value is -1.44. The van der Waals surface area contributed by atoms with Crippen molar-refractivity contribution in [2.75, 3.05) is 13.2 Å². The minimum atomic E-state index is -0.334. The van der Waals surface area contributed by atoms with Crippen molar-refractivity contribution in [2.45, 2.75) is 25.4 Å². The molecule has 90 valence electrons. The molecule has 0 radical (unpaired) electrons. The Morgan fingerprint density at radius 3 is 3.00 bits per heavy atom. The number of ether oxygens (including phenoxy) is 1. The molecule has 0 spiro atoms. The second kappa shape index (κ2) is 4.82. The highest BCUT2D eigenvalue weighted by Crippen LogP contribution is 2.19. The third-order valence-electron chi connectivity index (χ3n) is 3.11. The van der Waals surface area contributed by atoms with Crippen LogP contribution in [0, 0.1) is 17.1 Å². The summed E-state index contributed by atoms with van der Waals surface area (Å²) in [5.41, 5.74) is 0.860. The molecule has 17 heavy (non-hydrogen) atoms. The number of hydrogen-bond donors (Lipinski definition) is 1. The van der Waals surface area contributed by atoms with Gasteiger partial charge in [0.15, 0.2) is 0 Å². The highest BCUT2D eigenvalue weighted by Gasteiger charge is 2.28. The molecule has 1 unspecified atom stereocenters. The molecule has 2 rings (SSSR count). The zero-order chi connectivity index (χ0) is 12.3. The van der Waals surface area contributed by atoms with Crippen molar-refractivity contribution in [3.63, 3.8) is 0 Å². The lowest BCUT2D eigenvalue weighted by Crippen LogP contribution is -2.42. The Balaban J connectivity index is 2.02. The molecule has 1 saturated heterocycles. The van der Waals surface area contributed by atoms with Gasteiger partial charge in [-0.3, -0.25) is 0 Å². The van der Waals surface area contributed by atoms with E-state index in [0.717, 1.165) is 13.0 Å². The van der Waals surface area contributed by atoms with E-state index in [1.54, 1.807) is 12.1 Å². The van der Waals surface area contributed by atoms with Crippen LogP contribution in [-0.2, 0) is 11.3 Å². The van der Waals surface area contributed by atoms with Crippen molar-refractivity contribution < 1.29 is 9.13 Å². The van der Waals surface area contributed by atoms with Gasteiger partial charge < -0.3 is 10.1 Å². The zero-order valence-electron chi connectivity index (χ0n) is 9.79. The topological polar surface area (TPSA) is 45.0 Å². The Bertz CT molecular complexity index is 447. The van der Waals surface area contributed by atoms with Gasteiger partial charge in [-0.2, -0.15) is 5.26 Å². The van der Waals surface area contributed by atoms with E-state index in [9.17, 15) is 4.39 Å². The number of rotatable bonds is 3. The van der Waals surface area contributed by atoms with Crippen LogP contribution in [0.3, 0.4) is 0 Å². The zero-order valence-corrected chi connectivity index (χ0v) is 9.79. The number of nitriles is 1. The summed E-state index contributed by atoms with van der Waals surface area (Å²) in [5.74, 6) is -0.334. The fourth-order valence-corrected chi connectivity index (χ4v) is 1.88. The summed E-state index contributed by atoms with van der Waals surface area (Å²) in [7, 11) is 0. The Morgan fingerprint density at radius 2 is 2.41 bits per heavy atom. The fraction of sp³-hybridized carbons (Fsp3) is 0.462. The lowest BCUT2D eigenvalue weighted by atomic mass is 10.0. The van der Waals surface area contributed by atoms with Crippen LogP contribution in [0.1, 0.15) is 24.5 Å². The average Bonchev–Trinajstić information content (AvgIpc) is 2.75. The first-order valence-corrected chi connectivity index (χ1v) is 5.64. The Kier molecular flexibility index (Phi) is 3.41. The smallest absolute Gasteiger partial charge is 0.129 e. The number of halogens is 1. The highest BCUT2D eigenvalue weighted by molar-refractivity contribution is 5.32. The van der Waals surface area contributed by atoms with Crippen LogP contribution in [0.5, 0.6) is 0 Å². The second-order valence-electron chi connectivity index (χ2n) is 4.63. The van der Waals surface area contributed by atoms with E-state index in [-0.39, 0.29) is 11.4 Å². The van der Waals surface area contributed by atoms with Gasteiger partial charge in [0.05, 0.1) is 18.2 Å². The molecule has 0 bridgehead atoms. The standard InChI is InChI=1S/C13H15FN2O/c1-13(4-5-17-9-13)16-8-11-3-2-10(7-15)6-12(11)14/h2-3,6,16H,4-5,8-9H2,1H3. The molecule has 1 N–H and O–H groups in total. The number of nitrogens with one attached hydrogen (secondary N) is 1. The molecule has 0 aliphatic carbocycles. The van der Waals surface area contributed by atoms with E-state index in [2.05, 4.69) is 12.2 Å². The van der Waals surface area contributed by atoms with E-state index in [1.165, 1.54) is 6.07 Å². The van der Waals surface area contributed by atoms with E-state index in [4.69, 9.17) is 10.00 Å². The predicted molar refractivity (Wildman–Crippen MR) is 61.8 cm³/mol. The maximum Gasteiger partial charge on any atom is 0.129 e. The van der Waals surface area contributed by atoms with Crippen molar-refractivity contribution in [3.8, 4) is 6.07 Å². The molecule has 1 atom stereocenters. The van der Waals surface area contributed by atoms with Crippen molar-refractivity contribution in [3.05, 3.63) is 35.1 Å². The molecule has 0 saturated carbocycles. The predicted octanol–water partition coefficient (Wildman–Crippen LogP) is 1.97. The summed E-state index contributed by atoms with van der Waals surface area (Å²) in [4.78, 5) is 0. The van der Waals surface area contributed by atoms with Crippen molar-refractivity contribution >= 4 is 0 Å². The van der Waals surface area contributed by atoms with Gasteiger partial charge in [-0.15, -0.1) is 0 Å². The molecule has 1 aliphatic heterocycles. The van der Waals surface area contributed by atoms with Gasteiger partial charge in [0.25, 0.3) is 0 Å². The molecule has 1 heterocycles. The minimum Gasteiger partial charge on any atom is -0.379 e. The molecular weight excluding hydrogens is 219 g/mol. The SMILES string of the molecule is CC1(NCc2ccc(C#N)cc2F)CCOC1. The van der Waals surface area contributed by atoms with Gasteiger partial charge in [0, 0.05) is 24.3 Å². The first-order chi connectivity index (χ1) is 8.13. The Morgan fingerprint density at radius 1 is 1.59 bits per heavy atom. The number of nitrogens with zero attached hydrogens (tertiary/aromatic N) is 1. The lowest BCUT2D eigenvalue weighted by Gasteiger charge is -2.23. The van der Waals surface area contributed by atoms with Crippen LogP contribution in [0.25, 0.3) is 0 Å². The monoisotopic (exact) mass is 234 g/mol. The third-order valence-corrected chi connectivity index (χ3v) is 3.11. The fourth-order valence-electron chi connectivity index (χ4n) is 1.88. The summed E-state index contributed by atoms with van der Waals surface area (Å²) in [6.07, 6.45) is 0.935. The van der Waals surface area contributed by atoms with Gasteiger partial charge in [0.2, 0.25) is 0 Å². The average molecular weight is 234 g/mol. The largest absolute Gasteiger partial charge is 0.379 e. The van der Waals surface area contributed by atoms with Crippen LogP contribution in [0.2, 0.25) is 0 Å². The number of hydrogen-bond acceptors (Lipinski definition) is 3. The lowest BCUT2D eigenvalue weighted by molar-refractivity contribution is 0.171. The summed E-state index contributed by atoms with van der Waals surface area (Å²) in [6.45, 7) is 3.93. The normalized spacial score (nSPS) is 23.6. The first-order valence-electron chi connectivity index (χ1n) is 5.64. The minimum absolute atomic E-state index is 0.0691. The quantitative estimate of drug-likeness (QED) is 0.869. The summed E-state index contributed by atoms with van der Waals surface area (Å²) < 4.78 is 18.9. The van der Waals surface area contributed by atoms with Crippen LogP contribution < -0.4 is 5.32 Å². The summed E-state index contributed by atoms with van der Waals surface area (Å²) >= 11 is 0. The van der Waals surface area contributed by atoms with Gasteiger partial charge in [0.1, 0.15) is 5.82 Å². The van der Waals surface area contributed by atoms with Crippen LogP contribution in [0.15, 0.2) is 18.2 Å². The summed E-state index contributed by atoms with van der Waals surface area (Å²) in [6, 6.07) is 6.47. The van der Waals surface area contributed by atoms with Gasteiger partial charge in [-0.05, 0) is 25.5 Å². The van der Waals surface area contributed by atoms with Crippen LogP contribution in [0.4, 0.5) is 4.39 Å². The molecule has 0 aromatic heterocycles. The third kappa shape index (κ3) is 2.82. The maximum atomic E-state index is 13.6. The van der Waals surface area contributed by atoms with Crippen molar-refractivity contribution in [1.29, 1.82) is 5.26 Å². The van der Waals surface area contributed by atoms with Gasteiger partial charge in [-0.25, -0.2) is 4.39 Å². The first kappa shape index (κ1) is 12.0.